The number of ether oxygens (including phenoxy) is 5. The number of nitro groups is 2. The Labute approximate surface area is 466 Å². The van der Waals surface area contributed by atoms with Crippen LogP contribution < -0.4 is 26.0 Å². The number of nitrogens with two attached hydrogens (primary N) is 2. The van der Waals surface area contributed by atoms with Gasteiger partial charge in [-0.15, -0.1) is 0 Å². The lowest BCUT2D eigenvalue weighted by molar-refractivity contribution is -0.383. The van der Waals surface area contributed by atoms with Gasteiger partial charge in [0.05, 0.1) is 29.7 Å². The Morgan fingerprint density at radius 1 is 0.671 bits per heavy atom. The van der Waals surface area contributed by atoms with Crippen molar-refractivity contribution in [1.29, 1.82) is 0 Å². The molecule has 0 unspecified atom stereocenters. The van der Waals surface area contributed by atoms with Gasteiger partial charge in [-0.2, -0.15) is 19.9 Å². The Hall–Kier alpha value is -7.77. The number of nitrogens with zero attached hydrogens (tertiary/aromatic N) is 10. The van der Waals surface area contributed by atoms with Crippen LogP contribution in [0.1, 0.15) is 123 Å². The summed E-state index contributed by atoms with van der Waals surface area (Å²) >= 11 is 1.18. The third-order valence-corrected chi connectivity index (χ3v) is 12.0. The van der Waals surface area contributed by atoms with Gasteiger partial charge in [-0.05, 0) is 114 Å². The summed E-state index contributed by atoms with van der Waals surface area (Å²) in [6, 6.07) is 11.4. The van der Waals surface area contributed by atoms with Gasteiger partial charge >= 0.3 is 41.5 Å². The first kappa shape index (κ1) is 65.5. The number of hydrogen-bond donors (Lipinski definition) is 2. The van der Waals surface area contributed by atoms with Gasteiger partial charge in [0.25, 0.3) is 0 Å². The zero-order chi connectivity index (χ0) is 56.8. The van der Waals surface area contributed by atoms with E-state index in [2.05, 4.69) is 19.9 Å². The van der Waals surface area contributed by atoms with Gasteiger partial charge in [-0.1, -0.05) is 76.4 Å². The number of hydrogen-bond acceptors (Lipinski definition) is 22. The number of thioether (sulfide) groups is 1. The number of unbranched alkanes of at least 4 members (excludes halogenated alkanes) is 1. The van der Waals surface area contributed by atoms with Gasteiger partial charge in [0, 0.05) is 39.3 Å². The number of benzene rings is 2. The Kier molecular flexibility index (Phi) is 24.3. The summed E-state index contributed by atoms with van der Waals surface area (Å²) in [7, 11) is 0. The molecule has 0 atom stereocenters. The normalized spacial score (nSPS) is 12.6. The number of carbonyl (C=O) groups is 4. The van der Waals surface area contributed by atoms with Crippen LogP contribution in [0, 0.1) is 20.2 Å². The summed E-state index contributed by atoms with van der Waals surface area (Å²) in [4.78, 5) is 95.5. The van der Waals surface area contributed by atoms with Crippen molar-refractivity contribution in [3.63, 3.8) is 0 Å². The molecule has 2 aliphatic rings. The van der Waals surface area contributed by atoms with E-state index in [-0.39, 0.29) is 94.8 Å². The highest BCUT2D eigenvalue weighted by molar-refractivity contribution is 7.98. The van der Waals surface area contributed by atoms with Crippen molar-refractivity contribution in [2.24, 2.45) is 0 Å². The Balaban J connectivity index is 0.000000406. The molecule has 2 aromatic carbocycles. The van der Waals surface area contributed by atoms with E-state index in [1.807, 2.05) is 84.9 Å². The van der Waals surface area contributed by atoms with Crippen LogP contribution in [0.2, 0.25) is 0 Å². The van der Waals surface area contributed by atoms with Crippen LogP contribution in [-0.4, -0.2) is 127 Å². The van der Waals surface area contributed by atoms with Crippen LogP contribution in [0.15, 0.2) is 41.6 Å². The average Bonchev–Trinajstić information content (AvgIpc) is 3.38. The molecule has 2 aromatic heterocycles. The van der Waals surface area contributed by atoms with Crippen LogP contribution in [0.5, 0.6) is 6.01 Å². The first-order valence-corrected chi connectivity index (χ1v) is 26.3. The number of aromatic nitrogens is 4. The van der Waals surface area contributed by atoms with Crippen LogP contribution >= 0.6 is 11.8 Å². The summed E-state index contributed by atoms with van der Waals surface area (Å²) < 4.78 is 26.9. The van der Waals surface area contributed by atoms with Gasteiger partial charge < -0.3 is 54.8 Å². The van der Waals surface area contributed by atoms with E-state index in [0.717, 1.165) is 46.2 Å². The minimum absolute atomic E-state index is 0. The largest absolute Gasteiger partial charge is 0.465 e. The van der Waals surface area contributed by atoms with Gasteiger partial charge in [0.1, 0.15) is 24.3 Å². The fourth-order valence-electron chi connectivity index (χ4n) is 8.09. The Bertz CT molecular complexity index is 2790. The van der Waals surface area contributed by atoms with Crippen molar-refractivity contribution in [3.05, 3.63) is 90.0 Å². The average molecular weight is 1120 g/mol. The highest BCUT2D eigenvalue weighted by atomic mass is 32.2. The number of nitrogen functional groups attached to an aromatic ring is 2. The highest BCUT2D eigenvalue weighted by Crippen LogP contribution is 2.36. The van der Waals surface area contributed by atoms with Crippen molar-refractivity contribution in [2.75, 3.05) is 73.5 Å². The molecule has 2 amide bonds. The fraction of sp³-hybridized carbons (Fsp3) is 0.547. The third-order valence-electron chi connectivity index (χ3n) is 11.5. The van der Waals surface area contributed by atoms with Crippen molar-refractivity contribution >= 4 is 70.5 Å². The fourth-order valence-corrected chi connectivity index (χ4v) is 8.46. The standard InChI is InChI=1S/C27H38N6O7.C24H32N6O6S.2CH4/c1-6-8-13-39-25-29-23(28)22(33(36)37)24(30-25)32(17-21(34)38-7-2)15-18-9-10-19-11-12-31(16-20(19)14-18)26(35)40-27(3,4)5;1-6-35-18(31)14-29(21-19(30(33)34)20(25)26-22(27-21)37-5)12-15-7-8-16-9-10-28(13-17(16)11-15)23(32)36-24(2,3)4;;/h9-10,14H,6-8,11-13,15-17H2,1-5H3,(H2,28,29,30);7-8,11H,6,9-10,12-14H2,1-5H3,(H2,25,26,27);2*1H4. The Morgan fingerprint density at radius 3 is 1.49 bits per heavy atom. The predicted octanol–water partition coefficient (Wildman–Crippen LogP) is 8.83. The van der Waals surface area contributed by atoms with Gasteiger partial charge in [-0.25, -0.2) is 9.59 Å². The molecule has 0 fully saturated rings. The highest BCUT2D eigenvalue weighted by Gasteiger charge is 2.33. The van der Waals surface area contributed by atoms with Gasteiger partial charge in [0.2, 0.25) is 23.3 Å². The maximum atomic E-state index is 12.7. The lowest BCUT2D eigenvalue weighted by Gasteiger charge is -2.31. The predicted molar refractivity (Wildman–Crippen MR) is 301 cm³/mol. The van der Waals surface area contributed by atoms with Crippen molar-refractivity contribution in [2.45, 2.75) is 145 Å². The van der Waals surface area contributed by atoms with Gasteiger partial charge in [-0.3, -0.25) is 29.8 Å². The first-order chi connectivity index (χ1) is 36.3. The Morgan fingerprint density at radius 2 is 1.10 bits per heavy atom. The van der Waals surface area contributed by atoms with E-state index in [1.54, 1.807) is 29.9 Å². The summed E-state index contributed by atoms with van der Waals surface area (Å²) in [5.41, 5.74) is 15.2. The van der Waals surface area contributed by atoms with Crippen LogP contribution in [0.25, 0.3) is 0 Å². The summed E-state index contributed by atoms with van der Waals surface area (Å²) in [5, 5.41) is 24.1. The monoisotopic (exact) mass is 1120 g/mol. The molecule has 25 nitrogen and oxygen atoms in total. The zero-order valence-corrected chi connectivity index (χ0v) is 46.2. The molecular weight excluding hydrogens is 1040 g/mol. The van der Waals surface area contributed by atoms with Crippen molar-refractivity contribution < 1.29 is 52.7 Å². The molecule has 0 saturated heterocycles. The molecule has 0 spiro atoms. The smallest absolute Gasteiger partial charge is 0.410 e. The van der Waals surface area contributed by atoms with E-state index in [4.69, 9.17) is 35.2 Å². The molecule has 0 aliphatic carbocycles. The van der Waals surface area contributed by atoms with E-state index in [9.17, 15) is 39.4 Å². The molecule has 0 bridgehead atoms. The molecule has 0 radical (unpaired) electrons. The molecule has 79 heavy (non-hydrogen) atoms. The quantitative estimate of drug-likeness (QED) is 0.0168. The number of esters is 2. The van der Waals surface area contributed by atoms with Crippen LogP contribution in [0.4, 0.5) is 44.2 Å². The summed E-state index contributed by atoms with van der Waals surface area (Å²) in [6.07, 6.45) is 3.88. The van der Waals surface area contributed by atoms with Gasteiger partial charge in [0.15, 0.2) is 5.16 Å². The zero-order valence-electron chi connectivity index (χ0n) is 45.4. The molecule has 4 aromatic rings. The van der Waals surface area contributed by atoms with E-state index >= 15 is 0 Å². The molecule has 434 valence electrons. The first-order valence-electron chi connectivity index (χ1n) is 25.1. The van der Waals surface area contributed by atoms with E-state index in [0.29, 0.717) is 45.6 Å². The SMILES string of the molecule is C.C.CCCCOc1nc(N)c([N+](=O)[O-])c(N(CC(=O)OCC)Cc2ccc3c(c2)CN(C(=O)OC(C)(C)C)CC3)n1.CCOC(=O)CN(Cc1ccc2c(c1)CN(C(=O)OC(C)(C)C)CC2)c1nc(SC)nc(N)c1[N+](=O)[O-]. The molecule has 6 rings (SSSR count). The molecule has 4 N–H and O–H groups in total. The minimum atomic E-state index is -0.676. The van der Waals surface area contributed by atoms with E-state index in [1.165, 1.54) is 21.6 Å². The summed E-state index contributed by atoms with van der Waals surface area (Å²) in [5.74, 6) is -2.01. The van der Waals surface area contributed by atoms with Crippen molar-refractivity contribution in [3.8, 4) is 6.01 Å². The second-order valence-electron chi connectivity index (χ2n) is 19.9. The lowest BCUT2D eigenvalue weighted by atomic mass is 9.97. The lowest BCUT2D eigenvalue weighted by Crippen LogP contribution is -2.40. The third kappa shape index (κ3) is 19.0. The second kappa shape index (κ2) is 29.3. The molecule has 2 aliphatic heterocycles. The molecular formula is C53H78N12O13S. The maximum absolute atomic E-state index is 12.7. The number of rotatable bonds is 19. The molecule has 4 heterocycles. The number of fused-ring (bicyclic) bond motifs is 2. The van der Waals surface area contributed by atoms with Crippen LogP contribution in [0.3, 0.4) is 0 Å². The minimum Gasteiger partial charge on any atom is -0.465 e. The molecule has 26 heteroatoms. The topological polar surface area (TPSA) is 317 Å². The second-order valence-corrected chi connectivity index (χ2v) is 20.7. The van der Waals surface area contributed by atoms with E-state index < -0.39 is 50.5 Å². The molecule has 0 saturated carbocycles. The maximum Gasteiger partial charge on any atom is 0.410 e. The number of anilines is 4. The summed E-state index contributed by atoms with van der Waals surface area (Å²) in [6.45, 7) is 18.3. The van der Waals surface area contributed by atoms with Crippen molar-refractivity contribution in [1.82, 2.24) is 29.7 Å². The number of carbonyl (C=O) groups excluding carboxylic acids is 4. The van der Waals surface area contributed by atoms with Crippen LogP contribution in [-0.2, 0) is 67.6 Å². The number of amides is 2.